The monoisotopic (exact) mass is 293 g/mol. The van der Waals surface area contributed by atoms with Gasteiger partial charge in [0.1, 0.15) is 0 Å². The highest BCUT2D eigenvalue weighted by Crippen LogP contribution is 2.38. The second-order valence-corrected chi connectivity index (χ2v) is 6.89. The molecule has 20 heavy (non-hydrogen) atoms. The van der Waals surface area contributed by atoms with Gasteiger partial charge in [0.25, 0.3) is 0 Å². The van der Waals surface area contributed by atoms with Gasteiger partial charge in [-0.15, -0.1) is 11.3 Å². The second-order valence-electron chi connectivity index (χ2n) is 5.84. The fraction of sp³-hybridized carbons (Fsp3) is 0.667. The molecule has 2 heterocycles. The van der Waals surface area contributed by atoms with Gasteiger partial charge in [-0.3, -0.25) is 9.69 Å². The Morgan fingerprint density at radius 2 is 2.30 bits per heavy atom. The number of likely N-dealkylation sites (N-methyl/N-ethyl adjacent to an activating group) is 1. The molecule has 1 saturated heterocycles. The predicted octanol–water partition coefficient (Wildman–Crippen LogP) is 2.82. The van der Waals surface area contributed by atoms with Crippen molar-refractivity contribution in [2.75, 3.05) is 30.7 Å². The molecule has 1 aliphatic carbocycles. The van der Waals surface area contributed by atoms with E-state index in [1.807, 2.05) is 6.07 Å². The van der Waals surface area contributed by atoms with Gasteiger partial charge < -0.3 is 11.1 Å². The molecule has 1 saturated carbocycles. The van der Waals surface area contributed by atoms with Gasteiger partial charge >= 0.3 is 0 Å². The number of anilines is 2. The summed E-state index contributed by atoms with van der Waals surface area (Å²) in [5, 5.41) is 4.51. The van der Waals surface area contributed by atoms with Gasteiger partial charge in [0.15, 0.2) is 5.78 Å². The fourth-order valence-corrected chi connectivity index (χ4v) is 3.98. The minimum absolute atomic E-state index is 0.245. The minimum atomic E-state index is 0.245. The second kappa shape index (κ2) is 5.74. The van der Waals surface area contributed by atoms with E-state index in [1.165, 1.54) is 30.7 Å². The SMILES string of the molecule is CCN1CCCC1CNc1cc(N)c(C(=O)C2CC2)s1. The number of carbonyl (C=O) groups excluding carboxylic acids is 1. The van der Waals surface area contributed by atoms with E-state index in [0.717, 1.165) is 35.8 Å². The van der Waals surface area contributed by atoms with Crippen LogP contribution in [0, 0.1) is 5.92 Å². The van der Waals surface area contributed by atoms with Crippen LogP contribution in [0.3, 0.4) is 0 Å². The van der Waals surface area contributed by atoms with Gasteiger partial charge in [-0.1, -0.05) is 6.92 Å². The summed E-state index contributed by atoms with van der Waals surface area (Å²) in [6, 6.07) is 2.54. The third-order valence-electron chi connectivity index (χ3n) is 4.35. The molecule has 2 aliphatic rings. The van der Waals surface area contributed by atoms with Crippen LogP contribution in [0.25, 0.3) is 0 Å². The maximum Gasteiger partial charge on any atom is 0.178 e. The Labute approximate surface area is 124 Å². The van der Waals surface area contributed by atoms with Crippen LogP contribution in [0.1, 0.15) is 42.3 Å². The van der Waals surface area contributed by atoms with Crippen LogP contribution in [0.4, 0.5) is 10.7 Å². The molecule has 2 fully saturated rings. The minimum Gasteiger partial charge on any atom is -0.397 e. The molecule has 1 aromatic rings. The van der Waals surface area contributed by atoms with E-state index in [1.54, 1.807) is 0 Å². The first-order valence-electron chi connectivity index (χ1n) is 7.60. The molecule has 1 aliphatic heterocycles. The van der Waals surface area contributed by atoms with E-state index in [-0.39, 0.29) is 11.7 Å². The number of hydrogen-bond donors (Lipinski definition) is 2. The zero-order valence-corrected chi connectivity index (χ0v) is 12.8. The van der Waals surface area contributed by atoms with Crippen molar-refractivity contribution in [3.8, 4) is 0 Å². The number of carbonyl (C=O) groups is 1. The van der Waals surface area contributed by atoms with E-state index < -0.39 is 0 Å². The summed E-state index contributed by atoms with van der Waals surface area (Å²) >= 11 is 1.52. The van der Waals surface area contributed by atoms with Gasteiger partial charge in [-0.2, -0.15) is 0 Å². The lowest BCUT2D eigenvalue weighted by Crippen LogP contribution is -2.34. The van der Waals surface area contributed by atoms with Gasteiger partial charge in [0.05, 0.1) is 15.6 Å². The summed E-state index contributed by atoms with van der Waals surface area (Å²) in [4.78, 5) is 15.4. The summed E-state index contributed by atoms with van der Waals surface area (Å²) in [6.45, 7) is 5.49. The first-order valence-corrected chi connectivity index (χ1v) is 8.42. The van der Waals surface area contributed by atoms with Gasteiger partial charge in [0, 0.05) is 18.5 Å². The smallest absolute Gasteiger partial charge is 0.178 e. The third-order valence-corrected chi connectivity index (χ3v) is 5.47. The molecule has 0 radical (unpaired) electrons. The maximum absolute atomic E-state index is 12.1. The Bertz CT molecular complexity index is 495. The Morgan fingerprint density at radius 3 is 3.00 bits per heavy atom. The highest BCUT2D eigenvalue weighted by Gasteiger charge is 2.32. The highest BCUT2D eigenvalue weighted by molar-refractivity contribution is 7.18. The van der Waals surface area contributed by atoms with Crippen LogP contribution in [0.5, 0.6) is 0 Å². The van der Waals surface area contributed by atoms with E-state index >= 15 is 0 Å². The molecule has 0 bridgehead atoms. The molecule has 5 heteroatoms. The van der Waals surface area contributed by atoms with Crippen LogP contribution >= 0.6 is 11.3 Å². The van der Waals surface area contributed by atoms with Crippen molar-refractivity contribution in [3.05, 3.63) is 10.9 Å². The standard InChI is InChI=1S/C15H23N3OS/c1-2-18-7-3-4-11(18)9-17-13-8-12(16)15(20-13)14(19)10-5-6-10/h8,10-11,17H,2-7,9,16H2,1H3. The van der Waals surface area contributed by atoms with Crippen molar-refractivity contribution in [1.29, 1.82) is 0 Å². The molecule has 0 aromatic carbocycles. The van der Waals surface area contributed by atoms with E-state index in [0.29, 0.717) is 11.7 Å². The zero-order chi connectivity index (χ0) is 14.1. The Hall–Kier alpha value is -1.07. The quantitative estimate of drug-likeness (QED) is 0.792. The van der Waals surface area contributed by atoms with Crippen LogP contribution in [-0.4, -0.2) is 36.4 Å². The Kier molecular flexibility index (Phi) is 3.98. The van der Waals surface area contributed by atoms with Crippen molar-refractivity contribution >= 4 is 27.8 Å². The number of hydrogen-bond acceptors (Lipinski definition) is 5. The molecule has 0 amide bonds. The summed E-state index contributed by atoms with van der Waals surface area (Å²) < 4.78 is 0. The van der Waals surface area contributed by atoms with Crippen molar-refractivity contribution < 1.29 is 4.79 Å². The molecule has 1 aromatic heterocycles. The molecule has 3 rings (SSSR count). The van der Waals surface area contributed by atoms with Crippen LogP contribution in [0.15, 0.2) is 6.07 Å². The fourth-order valence-electron chi connectivity index (χ4n) is 2.98. The average Bonchev–Trinajstić information content (AvgIpc) is 3.08. The summed E-state index contributed by atoms with van der Waals surface area (Å²) in [5.41, 5.74) is 6.63. The Morgan fingerprint density at radius 1 is 1.50 bits per heavy atom. The van der Waals surface area contributed by atoms with E-state index in [2.05, 4.69) is 17.1 Å². The molecular weight excluding hydrogens is 270 g/mol. The van der Waals surface area contributed by atoms with Crippen molar-refractivity contribution in [1.82, 2.24) is 4.90 Å². The predicted molar refractivity (Wildman–Crippen MR) is 84.5 cm³/mol. The van der Waals surface area contributed by atoms with Crippen LogP contribution < -0.4 is 11.1 Å². The summed E-state index contributed by atoms with van der Waals surface area (Å²) in [5.74, 6) is 0.491. The number of nitrogens with zero attached hydrogens (tertiary/aromatic N) is 1. The average molecular weight is 293 g/mol. The Balaban J connectivity index is 1.60. The topological polar surface area (TPSA) is 58.4 Å². The van der Waals surface area contributed by atoms with Gasteiger partial charge in [0.2, 0.25) is 0 Å². The number of thiophene rings is 1. The first-order chi connectivity index (χ1) is 9.69. The third kappa shape index (κ3) is 2.83. The molecule has 3 N–H and O–H groups in total. The molecule has 0 spiro atoms. The van der Waals surface area contributed by atoms with Crippen molar-refractivity contribution in [3.63, 3.8) is 0 Å². The first kappa shape index (κ1) is 13.9. The largest absolute Gasteiger partial charge is 0.397 e. The normalized spacial score (nSPS) is 23.1. The number of nitrogens with two attached hydrogens (primary N) is 1. The van der Waals surface area contributed by atoms with Crippen molar-refractivity contribution in [2.45, 2.75) is 38.6 Å². The molecule has 110 valence electrons. The van der Waals surface area contributed by atoms with Crippen LogP contribution in [0.2, 0.25) is 0 Å². The lowest BCUT2D eigenvalue weighted by atomic mass is 10.2. The van der Waals surface area contributed by atoms with E-state index in [9.17, 15) is 4.79 Å². The van der Waals surface area contributed by atoms with Crippen molar-refractivity contribution in [2.24, 2.45) is 5.92 Å². The number of nitrogen functional groups attached to an aromatic ring is 1. The van der Waals surface area contributed by atoms with E-state index in [4.69, 9.17) is 5.73 Å². The lowest BCUT2D eigenvalue weighted by molar-refractivity contribution is 0.0972. The lowest BCUT2D eigenvalue weighted by Gasteiger charge is -2.22. The number of ketones is 1. The number of Topliss-reactive ketones (excluding diaryl/α,β-unsaturated/α-hetero) is 1. The number of rotatable bonds is 6. The maximum atomic E-state index is 12.1. The summed E-state index contributed by atoms with van der Waals surface area (Å²) in [6.07, 6.45) is 4.62. The molecule has 1 unspecified atom stereocenters. The number of likely N-dealkylation sites (tertiary alicyclic amines) is 1. The highest BCUT2D eigenvalue weighted by atomic mass is 32.1. The number of nitrogens with one attached hydrogen (secondary N) is 1. The molecular formula is C15H23N3OS. The van der Waals surface area contributed by atoms with Gasteiger partial charge in [-0.25, -0.2) is 0 Å². The van der Waals surface area contributed by atoms with Crippen LogP contribution in [-0.2, 0) is 0 Å². The molecule has 1 atom stereocenters. The summed E-state index contributed by atoms with van der Waals surface area (Å²) in [7, 11) is 0. The molecule has 4 nitrogen and oxygen atoms in total. The zero-order valence-electron chi connectivity index (χ0n) is 12.0. The van der Waals surface area contributed by atoms with Gasteiger partial charge in [-0.05, 0) is 44.8 Å².